The Balaban J connectivity index is 1.77. The van der Waals surface area contributed by atoms with E-state index < -0.39 is 0 Å². The highest BCUT2D eigenvalue weighted by molar-refractivity contribution is 7.99. The number of rotatable bonds is 7. The lowest BCUT2D eigenvalue weighted by molar-refractivity contribution is -0.0842. The number of benzene rings is 2. The number of pyridine rings is 1. The summed E-state index contributed by atoms with van der Waals surface area (Å²) in [4.78, 5) is 4.71. The second kappa shape index (κ2) is 8.94. The van der Waals surface area contributed by atoms with Crippen molar-refractivity contribution in [3.05, 3.63) is 71.5 Å². The van der Waals surface area contributed by atoms with Crippen LogP contribution in [0, 0.1) is 5.82 Å². The fourth-order valence-electron chi connectivity index (χ4n) is 2.45. The van der Waals surface area contributed by atoms with Gasteiger partial charge in [0.1, 0.15) is 5.82 Å². The average molecular weight is 369 g/mol. The molecule has 5 heteroatoms. The van der Waals surface area contributed by atoms with Crippen LogP contribution in [-0.2, 0) is 9.47 Å². The van der Waals surface area contributed by atoms with Crippen LogP contribution in [0.4, 0.5) is 4.39 Å². The molecule has 0 saturated carbocycles. The van der Waals surface area contributed by atoms with Crippen LogP contribution in [0.2, 0.25) is 0 Å². The molecule has 134 valence electrons. The van der Waals surface area contributed by atoms with Gasteiger partial charge in [0.2, 0.25) is 0 Å². The zero-order chi connectivity index (χ0) is 18.4. The molecule has 0 N–H and O–H groups in total. The second-order valence-corrected chi connectivity index (χ2v) is 6.74. The molecular weight excluding hydrogens is 349 g/mol. The van der Waals surface area contributed by atoms with Crippen molar-refractivity contribution in [2.75, 3.05) is 20.0 Å². The van der Waals surface area contributed by atoms with Gasteiger partial charge in [-0.25, -0.2) is 9.37 Å². The van der Waals surface area contributed by atoms with Crippen molar-refractivity contribution in [2.24, 2.45) is 0 Å². The monoisotopic (exact) mass is 369 g/mol. The molecule has 0 amide bonds. The number of nitrogens with zero attached hydrogens (tertiary/aromatic N) is 1. The quantitative estimate of drug-likeness (QED) is 0.323. The Morgan fingerprint density at radius 3 is 2.35 bits per heavy atom. The third-order valence-electron chi connectivity index (χ3n) is 3.92. The Morgan fingerprint density at radius 1 is 0.962 bits per heavy atom. The number of ether oxygens (including phenoxy) is 2. The molecule has 0 atom stereocenters. The first kappa shape index (κ1) is 18.6. The van der Waals surface area contributed by atoms with E-state index in [0.29, 0.717) is 5.75 Å². The summed E-state index contributed by atoms with van der Waals surface area (Å²) in [6.45, 7) is 0. The lowest BCUT2D eigenvalue weighted by Gasteiger charge is -2.12. The summed E-state index contributed by atoms with van der Waals surface area (Å²) in [6, 6.07) is 16.6. The summed E-state index contributed by atoms with van der Waals surface area (Å²) in [7, 11) is 3.25. The third-order valence-corrected chi connectivity index (χ3v) is 4.88. The van der Waals surface area contributed by atoms with Gasteiger partial charge in [0.15, 0.2) is 6.29 Å². The van der Waals surface area contributed by atoms with Gasteiger partial charge < -0.3 is 9.47 Å². The van der Waals surface area contributed by atoms with Crippen molar-refractivity contribution >= 4 is 34.8 Å². The Hall–Kier alpha value is -2.21. The topological polar surface area (TPSA) is 31.4 Å². The molecule has 1 heterocycles. The third kappa shape index (κ3) is 4.91. The summed E-state index contributed by atoms with van der Waals surface area (Å²) in [6.07, 6.45) is 3.71. The standard InChI is InChI=1S/C21H20FNO2S/c1-24-21(25-2)14-26-20-12-9-17-8-5-16(13-19(17)23-20)4-3-15-6-10-18(22)11-7-15/h3-13,21H,14H2,1-2H3. The summed E-state index contributed by atoms with van der Waals surface area (Å²) in [5, 5.41) is 2.01. The fraction of sp³-hybridized carbons (Fsp3) is 0.190. The molecular formula is C21H20FNO2S. The highest BCUT2D eigenvalue weighted by Crippen LogP contribution is 2.23. The van der Waals surface area contributed by atoms with E-state index >= 15 is 0 Å². The van der Waals surface area contributed by atoms with E-state index in [1.54, 1.807) is 38.1 Å². The van der Waals surface area contributed by atoms with Crippen molar-refractivity contribution in [1.29, 1.82) is 0 Å². The molecule has 0 spiro atoms. The number of hydrogen-bond donors (Lipinski definition) is 0. The zero-order valence-electron chi connectivity index (χ0n) is 14.7. The first-order valence-corrected chi connectivity index (χ1v) is 9.19. The first-order chi connectivity index (χ1) is 12.7. The van der Waals surface area contributed by atoms with Crippen molar-refractivity contribution in [2.45, 2.75) is 11.3 Å². The van der Waals surface area contributed by atoms with Crippen molar-refractivity contribution in [3.63, 3.8) is 0 Å². The number of methoxy groups -OCH3 is 2. The molecule has 0 saturated heterocycles. The van der Waals surface area contributed by atoms with Gasteiger partial charge in [-0.15, -0.1) is 11.8 Å². The lowest BCUT2D eigenvalue weighted by Crippen LogP contribution is -2.15. The highest BCUT2D eigenvalue weighted by Gasteiger charge is 2.07. The maximum atomic E-state index is 13.0. The van der Waals surface area contributed by atoms with Crippen LogP contribution >= 0.6 is 11.8 Å². The minimum atomic E-state index is -0.248. The smallest absolute Gasteiger partial charge is 0.166 e. The van der Waals surface area contributed by atoms with E-state index in [1.165, 1.54) is 12.1 Å². The minimum absolute atomic E-state index is 0.230. The largest absolute Gasteiger partial charge is 0.355 e. The van der Waals surface area contributed by atoms with E-state index in [1.807, 2.05) is 36.4 Å². The number of thioether (sulfide) groups is 1. The molecule has 0 aliphatic heterocycles. The van der Waals surface area contributed by atoms with Gasteiger partial charge in [-0.05, 0) is 35.4 Å². The van der Waals surface area contributed by atoms with E-state index in [2.05, 4.69) is 6.07 Å². The fourth-order valence-corrected chi connectivity index (χ4v) is 3.36. The van der Waals surface area contributed by atoms with Crippen LogP contribution in [0.15, 0.2) is 59.6 Å². The van der Waals surface area contributed by atoms with Crippen LogP contribution in [0.3, 0.4) is 0 Å². The van der Waals surface area contributed by atoms with E-state index in [4.69, 9.17) is 14.5 Å². The molecule has 0 fully saturated rings. The molecule has 26 heavy (non-hydrogen) atoms. The molecule has 3 rings (SSSR count). The predicted octanol–water partition coefficient (Wildman–Crippen LogP) is 5.26. The number of halogens is 1. The maximum Gasteiger partial charge on any atom is 0.166 e. The van der Waals surface area contributed by atoms with Gasteiger partial charge >= 0.3 is 0 Å². The number of fused-ring (bicyclic) bond motifs is 1. The van der Waals surface area contributed by atoms with Crippen molar-refractivity contribution in [3.8, 4) is 0 Å². The van der Waals surface area contributed by atoms with Gasteiger partial charge in [-0.3, -0.25) is 0 Å². The van der Waals surface area contributed by atoms with Crippen LogP contribution in [0.1, 0.15) is 11.1 Å². The minimum Gasteiger partial charge on any atom is -0.355 e. The van der Waals surface area contributed by atoms with E-state index in [0.717, 1.165) is 27.1 Å². The van der Waals surface area contributed by atoms with Gasteiger partial charge in [-0.2, -0.15) is 0 Å². The summed E-state index contributed by atoms with van der Waals surface area (Å²) < 4.78 is 23.4. The Bertz CT molecular complexity index is 892. The number of hydrogen-bond acceptors (Lipinski definition) is 4. The summed E-state index contributed by atoms with van der Waals surface area (Å²) in [5.74, 6) is 0.446. The van der Waals surface area contributed by atoms with Crippen LogP contribution in [0.5, 0.6) is 0 Å². The highest BCUT2D eigenvalue weighted by atomic mass is 32.2. The molecule has 0 bridgehead atoms. The van der Waals surface area contributed by atoms with Crippen molar-refractivity contribution in [1.82, 2.24) is 4.98 Å². The molecule has 0 aliphatic rings. The molecule has 0 aliphatic carbocycles. The number of aromatic nitrogens is 1. The second-order valence-electron chi connectivity index (χ2n) is 5.70. The Kier molecular flexibility index (Phi) is 6.39. The SMILES string of the molecule is COC(CSc1ccc2ccc(C=Cc3ccc(F)cc3)cc2n1)OC. The predicted molar refractivity (Wildman–Crippen MR) is 106 cm³/mol. The van der Waals surface area contributed by atoms with Crippen LogP contribution in [-0.4, -0.2) is 31.2 Å². The van der Waals surface area contributed by atoms with E-state index in [9.17, 15) is 4.39 Å². The average Bonchev–Trinajstić information content (AvgIpc) is 2.68. The first-order valence-electron chi connectivity index (χ1n) is 8.21. The normalized spacial score (nSPS) is 11.7. The molecule has 2 aromatic carbocycles. The van der Waals surface area contributed by atoms with Crippen LogP contribution < -0.4 is 0 Å². The molecule has 0 radical (unpaired) electrons. The van der Waals surface area contributed by atoms with Gasteiger partial charge in [-0.1, -0.05) is 42.5 Å². The zero-order valence-corrected chi connectivity index (χ0v) is 15.5. The van der Waals surface area contributed by atoms with Gasteiger partial charge in [0, 0.05) is 19.6 Å². The van der Waals surface area contributed by atoms with Crippen molar-refractivity contribution < 1.29 is 13.9 Å². The van der Waals surface area contributed by atoms with Gasteiger partial charge in [0.05, 0.1) is 16.3 Å². The molecule has 0 unspecified atom stereocenters. The molecule has 1 aromatic heterocycles. The Labute approximate surface area is 156 Å². The molecule has 3 aromatic rings. The van der Waals surface area contributed by atoms with E-state index in [-0.39, 0.29) is 12.1 Å². The van der Waals surface area contributed by atoms with Gasteiger partial charge in [0.25, 0.3) is 0 Å². The maximum absolute atomic E-state index is 13.0. The molecule has 3 nitrogen and oxygen atoms in total. The van der Waals surface area contributed by atoms with Crippen LogP contribution in [0.25, 0.3) is 23.1 Å². The summed E-state index contributed by atoms with van der Waals surface area (Å²) >= 11 is 1.60. The lowest BCUT2D eigenvalue weighted by atomic mass is 10.1. The summed E-state index contributed by atoms with van der Waals surface area (Å²) in [5.41, 5.74) is 2.93. The Morgan fingerprint density at radius 2 is 1.62 bits per heavy atom.